The van der Waals surface area contributed by atoms with Gasteiger partial charge in [-0.2, -0.15) is 0 Å². The molecular weight excluding hydrogens is 454 g/mol. The van der Waals surface area contributed by atoms with Crippen LogP contribution in [-0.4, -0.2) is 29.9 Å². The molecule has 1 aromatic rings. The number of carbonyl (C=O) groups excluding carboxylic acids is 4. The van der Waals surface area contributed by atoms with E-state index in [0.717, 1.165) is 30.9 Å². The highest BCUT2D eigenvalue weighted by atomic mass is 16.5. The number of carbonyl (C=O) groups is 4. The molecule has 0 aromatic heterocycles. The summed E-state index contributed by atoms with van der Waals surface area (Å²) >= 11 is 0. The summed E-state index contributed by atoms with van der Waals surface area (Å²) in [6, 6.07) is 9.46. The molecule has 36 heavy (non-hydrogen) atoms. The molecule has 0 saturated heterocycles. The van der Waals surface area contributed by atoms with Crippen molar-refractivity contribution in [2.24, 2.45) is 5.92 Å². The molecule has 1 aliphatic carbocycles. The molecule has 198 valence electrons. The minimum atomic E-state index is -0.876. The lowest BCUT2D eigenvalue weighted by Gasteiger charge is -2.20. The third-order valence-electron chi connectivity index (χ3n) is 6.63. The Kier molecular flexibility index (Phi) is 14.4. The first-order chi connectivity index (χ1) is 17.5. The number of nitrogens with one attached hydrogen (secondary N) is 1. The Morgan fingerprint density at radius 3 is 2.06 bits per heavy atom. The Labute approximate surface area is 216 Å². The highest BCUT2D eigenvalue weighted by Gasteiger charge is 2.36. The largest absolute Gasteiger partial charge is 0.461 e. The van der Waals surface area contributed by atoms with Crippen molar-refractivity contribution in [2.75, 3.05) is 6.54 Å². The van der Waals surface area contributed by atoms with Gasteiger partial charge in [-0.05, 0) is 18.4 Å². The average molecular weight is 498 g/mol. The van der Waals surface area contributed by atoms with E-state index in [-0.39, 0.29) is 30.5 Å². The van der Waals surface area contributed by atoms with Crippen LogP contribution in [-0.2, 0) is 30.5 Å². The minimum absolute atomic E-state index is 0.185. The number of allylic oxidation sites excluding steroid dienone is 2. The van der Waals surface area contributed by atoms with Gasteiger partial charge < -0.3 is 10.1 Å². The van der Waals surface area contributed by atoms with E-state index in [2.05, 4.69) is 12.2 Å². The molecule has 1 aliphatic rings. The summed E-state index contributed by atoms with van der Waals surface area (Å²) in [5.41, 5.74) is 1.11. The van der Waals surface area contributed by atoms with Gasteiger partial charge in [0.1, 0.15) is 6.61 Å². The number of ether oxygens (including phenoxy) is 1. The predicted molar refractivity (Wildman–Crippen MR) is 141 cm³/mol. The molecule has 0 heterocycles. The minimum Gasteiger partial charge on any atom is -0.461 e. The van der Waals surface area contributed by atoms with Crippen molar-refractivity contribution in [3.8, 4) is 0 Å². The van der Waals surface area contributed by atoms with Crippen LogP contribution in [0.15, 0.2) is 42.1 Å². The molecule has 1 aromatic carbocycles. The van der Waals surface area contributed by atoms with Crippen LogP contribution in [0.25, 0.3) is 0 Å². The lowest BCUT2D eigenvalue weighted by atomic mass is 9.84. The summed E-state index contributed by atoms with van der Waals surface area (Å²) in [6.07, 6.45) is 15.3. The third-order valence-corrected chi connectivity index (χ3v) is 6.63. The van der Waals surface area contributed by atoms with E-state index >= 15 is 0 Å². The summed E-state index contributed by atoms with van der Waals surface area (Å²) in [4.78, 5) is 49.1. The zero-order valence-electron chi connectivity index (χ0n) is 21.9. The van der Waals surface area contributed by atoms with E-state index in [4.69, 9.17) is 4.74 Å². The number of rotatable bonds is 19. The van der Waals surface area contributed by atoms with Gasteiger partial charge in [-0.15, -0.1) is 0 Å². The SMILES string of the molecule is CCCCCCCCCCCCCC1C(=O)C(=O)C=C(NCCCC(=O)OCc2ccccc2)C1=O. The zero-order valence-corrected chi connectivity index (χ0v) is 21.9. The Bertz CT molecular complexity index is 861. The molecule has 1 atom stereocenters. The fourth-order valence-corrected chi connectivity index (χ4v) is 4.43. The molecule has 0 amide bonds. The van der Waals surface area contributed by atoms with Gasteiger partial charge in [0.15, 0.2) is 5.78 Å². The maximum absolute atomic E-state index is 12.8. The summed E-state index contributed by atoms with van der Waals surface area (Å²) in [5, 5.41) is 2.96. The second kappa shape index (κ2) is 17.6. The topological polar surface area (TPSA) is 89.5 Å². The second-order valence-corrected chi connectivity index (χ2v) is 9.70. The smallest absolute Gasteiger partial charge is 0.306 e. The summed E-state index contributed by atoms with van der Waals surface area (Å²) in [5.74, 6) is -2.71. The van der Waals surface area contributed by atoms with Crippen molar-refractivity contribution < 1.29 is 23.9 Å². The van der Waals surface area contributed by atoms with Gasteiger partial charge in [-0.25, -0.2) is 0 Å². The number of hydrogen-bond donors (Lipinski definition) is 1. The molecular formula is C30H43NO5. The molecule has 2 rings (SSSR count). The lowest BCUT2D eigenvalue weighted by molar-refractivity contribution is -0.145. The summed E-state index contributed by atoms with van der Waals surface area (Å²) < 4.78 is 5.25. The van der Waals surface area contributed by atoms with Crippen molar-refractivity contribution in [3.63, 3.8) is 0 Å². The summed E-state index contributed by atoms with van der Waals surface area (Å²) in [6.45, 7) is 2.81. The van der Waals surface area contributed by atoms with Crippen LogP contribution in [0, 0.1) is 5.92 Å². The Morgan fingerprint density at radius 1 is 0.806 bits per heavy atom. The third kappa shape index (κ3) is 11.3. The molecule has 1 N–H and O–H groups in total. The Hall–Kier alpha value is -2.76. The quantitative estimate of drug-likeness (QED) is 0.109. The highest BCUT2D eigenvalue weighted by Crippen LogP contribution is 2.21. The lowest BCUT2D eigenvalue weighted by Crippen LogP contribution is -2.39. The average Bonchev–Trinajstić information content (AvgIpc) is 2.89. The molecule has 0 bridgehead atoms. The fourth-order valence-electron chi connectivity index (χ4n) is 4.43. The van der Waals surface area contributed by atoms with Crippen LogP contribution in [0.4, 0.5) is 0 Å². The van der Waals surface area contributed by atoms with Gasteiger partial charge in [-0.1, -0.05) is 108 Å². The van der Waals surface area contributed by atoms with Crippen LogP contribution in [0.1, 0.15) is 102 Å². The number of ketones is 3. The van der Waals surface area contributed by atoms with Crippen LogP contribution < -0.4 is 5.32 Å². The van der Waals surface area contributed by atoms with Gasteiger partial charge in [0.25, 0.3) is 0 Å². The van der Waals surface area contributed by atoms with E-state index in [1.54, 1.807) is 0 Å². The molecule has 6 heteroatoms. The van der Waals surface area contributed by atoms with Crippen molar-refractivity contribution in [3.05, 3.63) is 47.7 Å². The van der Waals surface area contributed by atoms with Gasteiger partial charge in [0.2, 0.25) is 11.6 Å². The van der Waals surface area contributed by atoms with Gasteiger partial charge in [-0.3, -0.25) is 19.2 Å². The van der Waals surface area contributed by atoms with E-state index in [1.807, 2.05) is 30.3 Å². The van der Waals surface area contributed by atoms with Gasteiger partial charge in [0, 0.05) is 19.0 Å². The first-order valence-corrected chi connectivity index (χ1v) is 13.8. The second-order valence-electron chi connectivity index (χ2n) is 9.70. The van der Waals surface area contributed by atoms with E-state index in [0.29, 0.717) is 19.4 Å². The van der Waals surface area contributed by atoms with Crippen molar-refractivity contribution in [1.82, 2.24) is 5.32 Å². The number of benzene rings is 1. The number of Topliss-reactive ketones (excluding diaryl/α,β-unsaturated/α-hetero) is 2. The first-order valence-electron chi connectivity index (χ1n) is 13.8. The number of unbranched alkanes of at least 4 members (excludes halogenated alkanes) is 10. The van der Waals surface area contributed by atoms with Gasteiger partial charge >= 0.3 is 5.97 Å². The standard InChI is InChI=1S/C30H43NO5/c1-2-3-4-5-6-7-8-9-10-11-15-19-25-29(34)26(22-27(32)30(25)35)31-21-16-20-28(33)36-23-24-17-13-12-14-18-24/h12-14,17-18,22,25,31H,2-11,15-16,19-21,23H2,1H3. The van der Waals surface area contributed by atoms with Crippen LogP contribution in [0.2, 0.25) is 0 Å². The van der Waals surface area contributed by atoms with E-state index in [1.165, 1.54) is 51.4 Å². The van der Waals surface area contributed by atoms with Crippen LogP contribution in [0.3, 0.4) is 0 Å². The highest BCUT2D eigenvalue weighted by molar-refractivity contribution is 6.49. The number of esters is 1. The molecule has 0 saturated carbocycles. The van der Waals surface area contributed by atoms with Crippen LogP contribution >= 0.6 is 0 Å². The molecule has 0 spiro atoms. The van der Waals surface area contributed by atoms with Crippen molar-refractivity contribution >= 4 is 23.3 Å². The molecule has 0 radical (unpaired) electrons. The molecule has 1 unspecified atom stereocenters. The van der Waals surface area contributed by atoms with Crippen LogP contribution in [0.5, 0.6) is 0 Å². The first kappa shape index (κ1) is 29.5. The molecule has 6 nitrogen and oxygen atoms in total. The van der Waals surface area contributed by atoms with Crippen molar-refractivity contribution in [2.45, 2.75) is 103 Å². The Balaban J connectivity index is 1.60. The summed E-state index contributed by atoms with van der Waals surface area (Å²) in [7, 11) is 0. The fraction of sp³-hybridized carbons (Fsp3) is 0.600. The maximum Gasteiger partial charge on any atom is 0.306 e. The zero-order chi connectivity index (χ0) is 26.0. The van der Waals surface area contributed by atoms with E-state index in [9.17, 15) is 19.2 Å². The molecule has 0 fully saturated rings. The maximum atomic E-state index is 12.8. The van der Waals surface area contributed by atoms with Gasteiger partial charge in [0.05, 0.1) is 11.6 Å². The van der Waals surface area contributed by atoms with E-state index < -0.39 is 17.5 Å². The Morgan fingerprint density at radius 2 is 1.42 bits per heavy atom. The van der Waals surface area contributed by atoms with Crippen molar-refractivity contribution in [1.29, 1.82) is 0 Å². The monoisotopic (exact) mass is 497 g/mol. The predicted octanol–water partition coefficient (Wildman–Crippen LogP) is 6.02. The molecule has 0 aliphatic heterocycles. The normalized spacial score (nSPS) is 15.6. The number of hydrogen-bond acceptors (Lipinski definition) is 6.